The summed E-state index contributed by atoms with van der Waals surface area (Å²) in [6.45, 7) is 6.93. The number of morpholine rings is 1. The van der Waals surface area contributed by atoms with Crippen molar-refractivity contribution in [3.8, 4) is 0 Å². The van der Waals surface area contributed by atoms with Gasteiger partial charge in [-0.2, -0.15) is 5.10 Å². The van der Waals surface area contributed by atoms with E-state index in [-0.39, 0.29) is 5.78 Å². The minimum atomic E-state index is -0.502. The second kappa shape index (κ2) is 4.58. The molecule has 0 unspecified atom stereocenters. The number of carbonyl (C=O) groups excluding carboxylic acids is 1. The molecule has 0 aromatic carbocycles. The van der Waals surface area contributed by atoms with E-state index in [1.807, 2.05) is 13.8 Å². The van der Waals surface area contributed by atoms with Gasteiger partial charge in [0.1, 0.15) is 5.69 Å². The van der Waals surface area contributed by atoms with Crippen molar-refractivity contribution in [2.75, 3.05) is 26.3 Å². The van der Waals surface area contributed by atoms with Crippen molar-refractivity contribution >= 4 is 5.78 Å². The Hall–Kier alpha value is -1.20. The fourth-order valence-electron chi connectivity index (χ4n) is 2.18. The highest BCUT2D eigenvalue weighted by Crippen LogP contribution is 2.21. The molecule has 1 aromatic heterocycles. The summed E-state index contributed by atoms with van der Waals surface area (Å²) in [5, 5.41) is 4.05. The molecular formula is C12H19N3O2. The van der Waals surface area contributed by atoms with Crippen molar-refractivity contribution in [1.29, 1.82) is 0 Å². The highest BCUT2D eigenvalue weighted by atomic mass is 16.5. The Morgan fingerprint density at radius 2 is 2.06 bits per heavy atom. The molecule has 2 heterocycles. The Morgan fingerprint density at radius 3 is 2.59 bits per heavy atom. The van der Waals surface area contributed by atoms with Crippen molar-refractivity contribution in [2.45, 2.75) is 19.4 Å². The van der Waals surface area contributed by atoms with Crippen LogP contribution < -0.4 is 0 Å². The molecule has 5 nitrogen and oxygen atoms in total. The van der Waals surface area contributed by atoms with Crippen LogP contribution in [0.4, 0.5) is 0 Å². The number of aryl methyl sites for hydroxylation is 1. The van der Waals surface area contributed by atoms with Crippen molar-refractivity contribution in [3.63, 3.8) is 0 Å². The third-order valence-electron chi connectivity index (χ3n) is 3.41. The van der Waals surface area contributed by atoms with E-state index < -0.39 is 5.54 Å². The molecule has 0 bridgehead atoms. The lowest BCUT2D eigenvalue weighted by Gasteiger charge is -2.39. The van der Waals surface area contributed by atoms with Gasteiger partial charge in [0.25, 0.3) is 0 Å². The van der Waals surface area contributed by atoms with Crippen LogP contribution in [0.15, 0.2) is 12.3 Å². The minimum absolute atomic E-state index is 0.111. The molecule has 1 fully saturated rings. The second-order valence-electron chi connectivity index (χ2n) is 4.83. The second-order valence-corrected chi connectivity index (χ2v) is 4.83. The predicted molar refractivity (Wildman–Crippen MR) is 64.0 cm³/mol. The number of hydrogen-bond acceptors (Lipinski definition) is 4. The molecule has 1 aliphatic heterocycles. The molecule has 0 atom stereocenters. The van der Waals surface area contributed by atoms with Gasteiger partial charge in [-0.05, 0) is 19.9 Å². The maximum atomic E-state index is 12.5. The quantitative estimate of drug-likeness (QED) is 0.727. The molecule has 0 radical (unpaired) electrons. The van der Waals surface area contributed by atoms with Crippen LogP contribution in [0, 0.1) is 0 Å². The standard InChI is InChI=1S/C12H19N3O2/c1-12(2,15-6-8-17-9-7-15)11(16)10-4-5-13-14(10)3/h4-5H,6-9H2,1-3H3. The monoisotopic (exact) mass is 237 g/mol. The first-order valence-corrected chi connectivity index (χ1v) is 5.89. The van der Waals surface area contributed by atoms with Crippen molar-refractivity contribution in [2.24, 2.45) is 7.05 Å². The van der Waals surface area contributed by atoms with E-state index in [9.17, 15) is 4.79 Å². The Morgan fingerprint density at radius 1 is 1.41 bits per heavy atom. The highest BCUT2D eigenvalue weighted by molar-refractivity contribution is 6.01. The van der Waals surface area contributed by atoms with Crippen molar-refractivity contribution in [1.82, 2.24) is 14.7 Å². The van der Waals surface area contributed by atoms with Gasteiger partial charge in [-0.25, -0.2) is 0 Å². The molecule has 0 spiro atoms. The van der Waals surface area contributed by atoms with Crippen molar-refractivity contribution in [3.05, 3.63) is 18.0 Å². The first-order chi connectivity index (χ1) is 8.03. The summed E-state index contributed by atoms with van der Waals surface area (Å²) in [7, 11) is 1.79. The van der Waals surface area contributed by atoms with Crippen LogP contribution in [0.2, 0.25) is 0 Å². The van der Waals surface area contributed by atoms with Crippen molar-refractivity contribution < 1.29 is 9.53 Å². The molecule has 0 amide bonds. The lowest BCUT2D eigenvalue weighted by Crippen LogP contribution is -2.54. The summed E-state index contributed by atoms with van der Waals surface area (Å²) in [6.07, 6.45) is 1.66. The van der Waals surface area contributed by atoms with Crippen LogP contribution in [0.1, 0.15) is 24.3 Å². The SMILES string of the molecule is Cn1nccc1C(=O)C(C)(C)N1CCOCC1. The Bertz CT molecular complexity index is 406. The number of carbonyl (C=O) groups is 1. The molecule has 5 heteroatoms. The van der Waals surface area contributed by atoms with E-state index in [0.29, 0.717) is 18.9 Å². The van der Waals surface area contributed by atoms with E-state index in [1.54, 1.807) is 24.0 Å². The lowest BCUT2D eigenvalue weighted by molar-refractivity contribution is -0.00462. The smallest absolute Gasteiger partial charge is 0.200 e. The first kappa shape index (κ1) is 12.3. The number of ketones is 1. The first-order valence-electron chi connectivity index (χ1n) is 5.89. The largest absolute Gasteiger partial charge is 0.379 e. The van der Waals surface area contributed by atoms with Gasteiger partial charge >= 0.3 is 0 Å². The zero-order valence-corrected chi connectivity index (χ0v) is 10.6. The fraction of sp³-hybridized carbons (Fsp3) is 0.667. The molecular weight excluding hydrogens is 218 g/mol. The third kappa shape index (κ3) is 2.25. The number of hydrogen-bond donors (Lipinski definition) is 0. The van der Waals surface area contributed by atoms with Gasteiger partial charge in [-0.1, -0.05) is 0 Å². The molecule has 17 heavy (non-hydrogen) atoms. The summed E-state index contributed by atoms with van der Waals surface area (Å²) in [5.74, 6) is 0.111. The average molecular weight is 237 g/mol. The van der Waals surface area contributed by atoms with E-state index in [4.69, 9.17) is 4.74 Å². The molecule has 0 aliphatic carbocycles. The van der Waals surface area contributed by atoms with E-state index in [0.717, 1.165) is 13.1 Å². The molecule has 1 aromatic rings. The maximum absolute atomic E-state index is 12.5. The van der Waals surface area contributed by atoms with Crippen LogP contribution in [0.3, 0.4) is 0 Å². The van der Waals surface area contributed by atoms with Crippen LogP contribution >= 0.6 is 0 Å². The summed E-state index contributed by atoms with van der Waals surface area (Å²) < 4.78 is 6.95. The van der Waals surface area contributed by atoms with Gasteiger partial charge in [0.15, 0.2) is 5.78 Å². The van der Waals surface area contributed by atoms with Gasteiger partial charge in [-0.15, -0.1) is 0 Å². The molecule has 94 valence electrons. The number of rotatable bonds is 3. The van der Waals surface area contributed by atoms with Crippen LogP contribution in [0.5, 0.6) is 0 Å². The Balaban J connectivity index is 2.19. The van der Waals surface area contributed by atoms with Gasteiger partial charge in [-0.3, -0.25) is 14.4 Å². The summed E-state index contributed by atoms with van der Waals surface area (Å²) in [4.78, 5) is 14.7. The van der Waals surface area contributed by atoms with Gasteiger partial charge < -0.3 is 4.74 Å². The van der Waals surface area contributed by atoms with Crippen LogP contribution in [-0.2, 0) is 11.8 Å². The number of aromatic nitrogens is 2. The van der Waals surface area contributed by atoms with Crippen LogP contribution in [-0.4, -0.2) is 52.3 Å². The molecule has 2 rings (SSSR count). The maximum Gasteiger partial charge on any atom is 0.200 e. The minimum Gasteiger partial charge on any atom is -0.379 e. The highest BCUT2D eigenvalue weighted by Gasteiger charge is 2.37. The zero-order valence-electron chi connectivity index (χ0n) is 10.6. The molecule has 1 saturated heterocycles. The number of Topliss-reactive ketones (excluding diaryl/α,β-unsaturated/α-hetero) is 1. The normalized spacial score (nSPS) is 18.3. The average Bonchev–Trinajstić information content (AvgIpc) is 2.75. The lowest BCUT2D eigenvalue weighted by atomic mass is 9.94. The summed E-state index contributed by atoms with van der Waals surface area (Å²) >= 11 is 0. The number of nitrogens with zero attached hydrogens (tertiary/aromatic N) is 3. The van der Waals surface area contributed by atoms with Gasteiger partial charge in [0.2, 0.25) is 0 Å². The summed E-state index contributed by atoms with van der Waals surface area (Å²) in [5.41, 5.74) is 0.152. The summed E-state index contributed by atoms with van der Waals surface area (Å²) in [6, 6.07) is 1.77. The third-order valence-corrected chi connectivity index (χ3v) is 3.41. The predicted octanol–water partition coefficient (Wildman–Crippen LogP) is 0.714. The zero-order chi connectivity index (χ0) is 12.5. The topological polar surface area (TPSA) is 47.4 Å². The molecule has 1 aliphatic rings. The van der Waals surface area contributed by atoms with Gasteiger partial charge in [0, 0.05) is 26.3 Å². The number of ether oxygens (including phenoxy) is 1. The Kier molecular flexibility index (Phi) is 3.31. The molecule has 0 saturated carbocycles. The fourth-order valence-corrected chi connectivity index (χ4v) is 2.18. The van der Waals surface area contributed by atoms with E-state index in [1.165, 1.54) is 0 Å². The van der Waals surface area contributed by atoms with Crippen LogP contribution in [0.25, 0.3) is 0 Å². The van der Waals surface area contributed by atoms with E-state index >= 15 is 0 Å². The Labute approximate surface area is 101 Å². The molecule has 0 N–H and O–H groups in total. The van der Waals surface area contributed by atoms with E-state index in [2.05, 4.69) is 10.00 Å². The van der Waals surface area contributed by atoms with Gasteiger partial charge in [0.05, 0.1) is 18.8 Å².